The van der Waals surface area contributed by atoms with E-state index in [1.165, 1.54) is 0 Å². The monoisotopic (exact) mass is 262 g/mol. The minimum atomic E-state index is -0.694. The number of benzene rings is 1. The zero-order valence-electron chi connectivity index (χ0n) is 11.5. The van der Waals surface area contributed by atoms with Gasteiger partial charge < -0.3 is 9.47 Å². The first-order chi connectivity index (χ1) is 9.00. The second-order valence-corrected chi connectivity index (χ2v) is 5.07. The highest BCUT2D eigenvalue weighted by atomic mass is 16.5. The van der Waals surface area contributed by atoms with Crippen LogP contribution in [-0.2, 0) is 16.0 Å². The highest BCUT2D eigenvalue weighted by molar-refractivity contribution is 6.06. The molecule has 0 radical (unpaired) electrons. The second-order valence-electron chi connectivity index (χ2n) is 5.07. The van der Waals surface area contributed by atoms with Gasteiger partial charge in [0.1, 0.15) is 5.75 Å². The molecule has 1 aromatic rings. The molecule has 0 heterocycles. The number of esters is 1. The van der Waals surface area contributed by atoms with Crippen LogP contribution in [0.1, 0.15) is 36.2 Å². The average Bonchev–Trinajstić information content (AvgIpc) is 2.61. The van der Waals surface area contributed by atoms with Gasteiger partial charge in [0.15, 0.2) is 5.78 Å². The van der Waals surface area contributed by atoms with Gasteiger partial charge in [-0.05, 0) is 37.1 Å². The normalized spacial score (nSPS) is 21.1. The Morgan fingerprint density at radius 2 is 2.16 bits per heavy atom. The summed E-state index contributed by atoms with van der Waals surface area (Å²) in [4.78, 5) is 24.0. The molecule has 1 aromatic carbocycles. The molecule has 1 aliphatic rings. The minimum Gasteiger partial charge on any atom is -0.497 e. The number of fused-ring (bicyclic) bond motifs is 1. The molecule has 1 unspecified atom stereocenters. The molecule has 1 aliphatic carbocycles. The van der Waals surface area contributed by atoms with Crippen molar-refractivity contribution in [3.8, 4) is 5.75 Å². The summed E-state index contributed by atoms with van der Waals surface area (Å²) in [6, 6.07) is 5.41. The summed E-state index contributed by atoms with van der Waals surface area (Å²) in [5.74, 6) is 0.420. The van der Waals surface area contributed by atoms with Crippen LogP contribution in [0.5, 0.6) is 5.75 Å². The molecule has 1 atom stereocenters. The van der Waals surface area contributed by atoms with Crippen LogP contribution < -0.4 is 4.74 Å². The lowest BCUT2D eigenvalue weighted by Gasteiger charge is -2.20. The fourth-order valence-corrected chi connectivity index (χ4v) is 2.56. The van der Waals surface area contributed by atoms with E-state index in [1.807, 2.05) is 13.0 Å². The molecule has 0 saturated heterocycles. The molecule has 0 aromatic heterocycles. The molecule has 102 valence electrons. The standard InChI is InChI=1S/C15H18O4/c1-4-19-13(16)9-15(2)8-10-7-11(18-3)5-6-12(10)14(15)17/h5-7H,4,8-9H2,1-3H3. The van der Waals surface area contributed by atoms with Crippen molar-refractivity contribution in [2.24, 2.45) is 5.41 Å². The SMILES string of the molecule is CCOC(=O)CC1(C)Cc2cc(OC)ccc2C1=O. The fraction of sp³-hybridized carbons (Fsp3) is 0.467. The number of ether oxygens (including phenoxy) is 2. The average molecular weight is 262 g/mol. The molecule has 0 aliphatic heterocycles. The zero-order valence-corrected chi connectivity index (χ0v) is 11.5. The van der Waals surface area contributed by atoms with E-state index in [4.69, 9.17) is 9.47 Å². The summed E-state index contributed by atoms with van der Waals surface area (Å²) < 4.78 is 10.1. The summed E-state index contributed by atoms with van der Waals surface area (Å²) in [5.41, 5.74) is 0.935. The molecule has 0 bridgehead atoms. The number of methoxy groups -OCH3 is 1. The van der Waals surface area contributed by atoms with Crippen LogP contribution in [0.3, 0.4) is 0 Å². The third kappa shape index (κ3) is 2.48. The first-order valence-electron chi connectivity index (χ1n) is 6.37. The Hall–Kier alpha value is -1.84. The lowest BCUT2D eigenvalue weighted by atomic mass is 9.83. The van der Waals surface area contributed by atoms with E-state index in [1.54, 1.807) is 26.2 Å². The van der Waals surface area contributed by atoms with Crippen molar-refractivity contribution in [3.05, 3.63) is 29.3 Å². The molecule has 2 rings (SSSR count). The van der Waals surface area contributed by atoms with Crippen molar-refractivity contribution in [1.29, 1.82) is 0 Å². The first kappa shape index (κ1) is 13.6. The van der Waals surface area contributed by atoms with E-state index in [0.717, 1.165) is 11.3 Å². The predicted molar refractivity (Wildman–Crippen MR) is 70.4 cm³/mol. The van der Waals surface area contributed by atoms with Crippen LogP contribution in [0.2, 0.25) is 0 Å². The van der Waals surface area contributed by atoms with Gasteiger partial charge in [-0.1, -0.05) is 6.92 Å². The Morgan fingerprint density at radius 1 is 1.42 bits per heavy atom. The van der Waals surface area contributed by atoms with Gasteiger partial charge in [0, 0.05) is 11.0 Å². The Bertz CT molecular complexity index is 521. The molecule has 0 N–H and O–H groups in total. The number of ketones is 1. The lowest BCUT2D eigenvalue weighted by Crippen LogP contribution is -2.28. The summed E-state index contributed by atoms with van der Waals surface area (Å²) in [6.07, 6.45) is 0.674. The van der Waals surface area contributed by atoms with Crippen LogP contribution >= 0.6 is 0 Å². The van der Waals surface area contributed by atoms with Crippen LogP contribution in [0, 0.1) is 5.41 Å². The maximum atomic E-state index is 12.4. The van der Waals surface area contributed by atoms with Gasteiger partial charge in [0.2, 0.25) is 0 Å². The van der Waals surface area contributed by atoms with E-state index in [9.17, 15) is 9.59 Å². The van der Waals surface area contributed by atoms with E-state index >= 15 is 0 Å². The maximum Gasteiger partial charge on any atom is 0.306 e. The molecule has 0 spiro atoms. The Morgan fingerprint density at radius 3 is 2.79 bits per heavy atom. The van der Waals surface area contributed by atoms with Crippen LogP contribution in [0.4, 0.5) is 0 Å². The van der Waals surface area contributed by atoms with Crippen molar-refractivity contribution >= 4 is 11.8 Å². The summed E-state index contributed by atoms with van der Waals surface area (Å²) in [7, 11) is 1.59. The number of carbonyl (C=O) groups is 2. The second kappa shape index (κ2) is 5.03. The van der Waals surface area contributed by atoms with Crippen molar-refractivity contribution in [2.75, 3.05) is 13.7 Å². The van der Waals surface area contributed by atoms with Gasteiger partial charge in [-0.3, -0.25) is 9.59 Å². The predicted octanol–water partition coefficient (Wildman–Crippen LogP) is 2.39. The third-order valence-electron chi connectivity index (χ3n) is 3.53. The summed E-state index contributed by atoms with van der Waals surface area (Å²) in [5, 5.41) is 0. The van der Waals surface area contributed by atoms with Gasteiger partial charge >= 0.3 is 5.97 Å². The Labute approximate surface area is 112 Å². The van der Waals surface area contributed by atoms with Gasteiger partial charge in [-0.25, -0.2) is 0 Å². The van der Waals surface area contributed by atoms with E-state index in [0.29, 0.717) is 18.6 Å². The van der Waals surface area contributed by atoms with Crippen molar-refractivity contribution in [1.82, 2.24) is 0 Å². The van der Waals surface area contributed by atoms with E-state index in [2.05, 4.69) is 0 Å². The van der Waals surface area contributed by atoms with Crippen LogP contribution in [-0.4, -0.2) is 25.5 Å². The molecule has 4 nitrogen and oxygen atoms in total. The maximum absolute atomic E-state index is 12.4. The molecule has 4 heteroatoms. The highest BCUT2D eigenvalue weighted by Gasteiger charge is 2.43. The number of Topliss-reactive ketones (excluding diaryl/α,β-unsaturated/α-hetero) is 1. The van der Waals surface area contributed by atoms with Crippen molar-refractivity contribution in [3.63, 3.8) is 0 Å². The Balaban J connectivity index is 2.24. The summed E-state index contributed by atoms with van der Waals surface area (Å²) in [6.45, 7) is 3.92. The lowest BCUT2D eigenvalue weighted by molar-refractivity contribution is -0.145. The van der Waals surface area contributed by atoms with Gasteiger partial charge in [0.25, 0.3) is 0 Å². The number of hydrogen-bond donors (Lipinski definition) is 0. The third-order valence-corrected chi connectivity index (χ3v) is 3.53. The smallest absolute Gasteiger partial charge is 0.306 e. The van der Waals surface area contributed by atoms with Crippen molar-refractivity contribution < 1.29 is 19.1 Å². The first-order valence-corrected chi connectivity index (χ1v) is 6.37. The van der Waals surface area contributed by atoms with Crippen molar-refractivity contribution in [2.45, 2.75) is 26.7 Å². The largest absolute Gasteiger partial charge is 0.497 e. The molecule has 19 heavy (non-hydrogen) atoms. The quantitative estimate of drug-likeness (QED) is 0.782. The molecule has 0 amide bonds. The topological polar surface area (TPSA) is 52.6 Å². The Kier molecular flexibility index (Phi) is 3.60. The van der Waals surface area contributed by atoms with Gasteiger partial charge in [0.05, 0.1) is 20.1 Å². The molecule has 0 saturated carbocycles. The van der Waals surface area contributed by atoms with E-state index in [-0.39, 0.29) is 18.2 Å². The molecular formula is C15H18O4. The van der Waals surface area contributed by atoms with E-state index < -0.39 is 5.41 Å². The fourth-order valence-electron chi connectivity index (χ4n) is 2.56. The summed E-state index contributed by atoms with van der Waals surface area (Å²) >= 11 is 0. The highest BCUT2D eigenvalue weighted by Crippen LogP contribution is 2.40. The van der Waals surface area contributed by atoms with Gasteiger partial charge in [-0.15, -0.1) is 0 Å². The van der Waals surface area contributed by atoms with Crippen LogP contribution in [0.15, 0.2) is 18.2 Å². The number of rotatable bonds is 4. The number of carbonyl (C=O) groups excluding carboxylic acids is 2. The van der Waals surface area contributed by atoms with Gasteiger partial charge in [-0.2, -0.15) is 0 Å². The number of hydrogen-bond acceptors (Lipinski definition) is 4. The zero-order chi connectivity index (χ0) is 14.0. The van der Waals surface area contributed by atoms with Crippen LogP contribution in [0.25, 0.3) is 0 Å². The molecular weight excluding hydrogens is 244 g/mol. The minimum absolute atomic E-state index is 0.0122. The molecule has 0 fully saturated rings.